The van der Waals surface area contributed by atoms with Crippen molar-refractivity contribution in [1.82, 2.24) is 0 Å². The number of hydrogen-bond donors (Lipinski definition) is 0. The van der Waals surface area contributed by atoms with Gasteiger partial charge >= 0.3 is 0 Å². The highest BCUT2D eigenvalue weighted by Gasteiger charge is 2.29. The molecule has 2 heteroatoms. The highest BCUT2D eigenvalue weighted by Crippen LogP contribution is 2.31. The summed E-state index contributed by atoms with van der Waals surface area (Å²) in [6.07, 6.45) is 0.200. The van der Waals surface area contributed by atoms with Gasteiger partial charge < -0.3 is 4.74 Å². The molecule has 1 aliphatic rings. The third kappa shape index (κ3) is 2.04. The Kier molecular flexibility index (Phi) is 3.34. The summed E-state index contributed by atoms with van der Waals surface area (Å²) < 4.78 is 19.1. The van der Waals surface area contributed by atoms with Crippen LogP contribution < -0.4 is 0 Å². The molecule has 3 atom stereocenters. The average molecular weight is 186 g/mol. The molecule has 1 nitrogen and oxygen atoms in total. The molecule has 0 saturated carbocycles. The molecule has 0 aromatic heterocycles. The van der Waals surface area contributed by atoms with Gasteiger partial charge in [-0.3, -0.25) is 0 Å². The molecule has 3 unspecified atom stereocenters. The summed E-state index contributed by atoms with van der Waals surface area (Å²) in [5.74, 6) is 1.24. The predicted octanol–water partition coefficient (Wildman–Crippen LogP) is 3.31. The van der Waals surface area contributed by atoms with Crippen LogP contribution in [0.2, 0.25) is 0 Å². The molecule has 0 amide bonds. The van der Waals surface area contributed by atoms with Crippen LogP contribution in [0.3, 0.4) is 0 Å². The van der Waals surface area contributed by atoms with Gasteiger partial charge in [0.15, 0.2) is 0 Å². The van der Waals surface area contributed by atoms with Gasteiger partial charge in [-0.1, -0.05) is 20.8 Å². The molecule has 0 aromatic rings. The Bertz CT molecular complexity index is 210. The van der Waals surface area contributed by atoms with Crippen LogP contribution in [0.4, 0.5) is 4.39 Å². The van der Waals surface area contributed by atoms with E-state index in [2.05, 4.69) is 13.8 Å². The summed E-state index contributed by atoms with van der Waals surface area (Å²) in [5, 5.41) is 0. The van der Waals surface area contributed by atoms with Crippen molar-refractivity contribution >= 4 is 0 Å². The first-order valence-corrected chi connectivity index (χ1v) is 5.05. The van der Waals surface area contributed by atoms with Crippen LogP contribution in [0.25, 0.3) is 0 Å². The molecule has 76 valence electrons. The first kappa shape index (κ1) is 10.6. The van der Waals surface area contributed by atoms with Crippen molar-refractivity contribution in [2.24, 2.45) is 11.8 Å². The maximum atomic E-state index is 13.6. The lowest BCUT2D eigenvalue weighted by Crippen LogP contribution is -2.28. The summed E-state index contributed by atoms with van der Waals surface area (Å²) >= 11 is 0. The fourth-order valence-electron chi connectivity index (χ4n) is 1.70. The van der Waals surface area contributed by atoms with Crippen LogP contribution in [0.1, 0.15) is 34.1 Å². The van der Waals surface area contributed by atoms with E-state index >= 15 is 0 Å². The van der Waals surface area contributed by atoms with Gasteiger partial charge in [-0.25, -0.2) is 4.39 Å². The lowest BCUT2D eigenvalue weighted by molar-refractivity contribution is 0.0790. The zero-order valence-corrected chi connectivity index (χ0v) is 8.93. The van der Waals surface area contributed by atoms with Gasteiger partial charge in [0, 0.05) is 11.8 Å². The van der Waals surface area contributed by atoms with E-state index in [9.17, 15) is 4.39 Å². The second kappa shape index (κ2) is 4.12. The molecule has 1 aliphatic heterocycles. The van der Waals surface area contributed by atoms with Gasteiger partial charge in [0.1, 0.15) is 11.9 Å². The molecule has 13 heavy (non-hydrogen) atoms. The van der Waals surface area contributed by atoms with Gasteiger partial charge in [-0.2, -0.15) is 0 Å². The van der Waals surface area contributed by atoms with Crippen LogP contribution in [-0.4, -0.2) is 12.8 Å². The maximum absolute atomic E-state index is 13.6. The average Bonchev–Trinajstić information content (AvgIpc) is 2.13. The molecule has 0 fully saturated rings. The van der Waals surface area contributed by atoms with E-state index in [0.717, 1.165) is 17.8 Å². The van der Waals surface area contributed by atoms with Crippen molar-refractivity contribution in [3.63, 3.8) is 0 Å². The number of hydrogen-bond acceptors (Lipinski definition) is 1. The van der Waals surface area contributed by atoms with Crippen molar-refractivity contribution in [2.75, 3.05) is 6.61 Å². The van der Waals surface area contributed by atoms with Gasteiger partial charge in [0.2, 0.25) is 0 Å². The number of alkyl halides is 1. The summed E-state index contributed by atoms with van der Waals surface area (Å²) in [4.78, 5) is 0. The van der Waals surface area contributed by atoms with Crippen LogP contribution in [0.15, 0.2) is 11.3 Å². The van der Waals surface area contributed by atoms with E-state index in [1.807, 2.05) is 13.8 Å². The summed E-state index contributed by atoms with van der Waals surface area (Å²) in [5.41, 5.74) is 0.799. The Balaban J connectivity index is 2.83. The van der Waals surface area contributed by atoms with E-state index in [1.165, 1.54) is 0 Å². The molecule has 0 N–H and O–H groups in total. The number of allylic oxidation sites excluding steroid dienone is 2. The normalized spacial score (nSPS) is 31.5. The summed E-state index contributed by atoms with van der Waals surface area (Å²) in [6.45, 7) is 8.45. The molecular formula is C11H19FO. The van der Waals surface area contributed by atoms with E-state index in [-0.39, 0.29) is 5.92 Å². The topological polar surface area (TPSA) is 9.23 Å². The molecule has 0 radical (unpaired) electrons. The third-order valence-corrected chi connectivity index (χ3v) is 2.86. The van der Waals surface area contributed by atoms with E-state index in [0.29, 0.717) is 12.5 Å². The van der Waals surface area contributed by atoms with Crippen molar-refractivity contribution in [2.45, 2.75) is 40.3 Å². The lowest BCUT2D eigenvalue weighted by atomic mass is 9.92. The van der Waals surface area contributed by atoms with Crippen molar-refractivity contribution in [3.8, 4) is 0 Å². The molecule has 0 saturated heterocycles. The van der Waals surface area contributed by atoms with Crippen molar-refractivity contribution in [1.29, 1.82) is 0 Å². The highest BCUT2D eigenvalue weighted by atomic mass is 19.1. The fourth-order valence-corrected chi connectivity index (χ4v) is 1.70. The maximum Gasteiger partial charge on any atom is 0.130 e. The monoisotopic (exact) mass is 186 g/mol. The molecular weight excluding hydrogens is 167 g/mol. The second-order valence-corrected chi connectivity index (χ2v) is 4.05. The summed E-state index contributed by atoms with van der Waals surface area (Å²) in [6, 6.07) is 0. The fraction of sp³-hybridized carbons (Fsp3) is 0.818. The van der Waals surface area contributed by atoms with Gasteiger partial charge in [0.25, 0.3) is 0 Å². The van der Waals surface area contributed by atoms with E-state index < -0.39 is 6.17 Å². The Labute approximate surface area is 80.0 Å². The minimum atomic E-state index is -0.808. The number of halogens is 1. The Morgan fingerprint density at radius 3 is 2.77 bits per heavy atom. The smallest absolute Gasteiger partial charge is 0.130 e. The molecule has 0 bridgehead atoms. The Morgan fingerprint density at radius 2 is 2.23 bits per heavy atom. The third-order valence-electron chi connectivity index (χ3n) is 2.86. The SMILES string of the molecule is CCC(C)C1=C(C)C(F)C(C)CO1. The van der Waals surface area contributed by atoms with E-state index in [1.54, 1.807) is 0 Å². The van der Waals surface area contributed by atoms with Crippen molar-refractivity contribution < 1.29 is 9.13 Å². The Hall–Kier alpha value is -0.530. The first-order valence-electron chi connectivity index (χ1n) is 5.05. The first-order chi connectivity index (χ1) is 6.07. The van der Waals surface area contributed by atoms with E-state index in [4.69, 9.17) is 4.74 Å². The molecule has 0 spiro atoms. The second-order valence-electron chi connectivity index (χ2n) is 4.05. The minimum Gasteiger partial charge on any atom is -0.497 e. The summed E-state index contributed by atoms with van der Waals surface area (Å²) in [7, 11) is 0. The molecule has 0 aromatic carbocycles. The van der Waals surface area contributed by atoms with Crippen molar-refractivity contribution in [3.05, 3.63) is 11.3 Å². The number of ether oxygens (including phenoxy) is 1. The standard InChI is InChI=1S/C11H19FO/c1-5-7(2)11-9(4)10(12)8(3)6-13-11/h7-8,10H,5-6H2,1-4H3. The minimum absolute atomic E-state index is 0.00723. The Morgan fingerprint density at radius 1 is 1.62 bits per heavy atom. The highest BCUT2D eigenvalue weighted by molar-refractivity contribution is 5.16. The molecule has 0 aliphatic carbocycles. The zero-order valence-electron chi connectivity index (χ0n) is 8.93. The van der Waals surface area contributed by atoms with Gasteiger partial charge in [-0.05, 0) is 18.9 Å². The van der Waals surface area contributed by atoms with Gasteiger partial charge in [0.05, 0.1) is 6.61 Å². The van der Waals surface area contributed by atoms with Crippen LogP contribution >= 0.6 is 0 Å². The number of rotatable bonds is 2. The largest absolute Gasteiger partial charge is 0.497 e. The molecule has 1 heterocycles. The zero-order chi connectivity index (χ0) is 10.0. The predicted molar refractivity (Wildman–Crippen MR) is 52.2 cm³/mol. The van der Waals surface area contributed by atoms with Crippen LogP contribution in [0, 0.1) is 11.8 Å². The molecule has 1 rings (SSSR count). The lowest BCUT2D eigenvalue weighted by Gasteiger charge is -2.30. The van der Waals surface area contributed by atoms with Crippen LogP contribution in [-0.2, 0) is 4.74 Å². The quantitative estimate of drug-likeness (QED) is 0.643. The van der Waals surface area contributed by atoms with Gasteiger partial charge in [-0.15, -0.1) is 0 Å². The van der Waals surface area contributed by atoms with Crippen LogP contribution in [0.5, 0.6) is 0 Å².